The second-order valence-corrected chi connectivity index (χ2v) is 6.36. The van der Waals surface area contributed by atoms with Gasteiger partial charge in [0.2, 0.25) is 0 Å². The van der Waals surface area contributed by atoms with Crippen LogP contribution in [0.25, 0.3) is 0 Å². The Labute approximate surface area is 148 Å². The Morgan fingerprint density at radius 3 is 2.60 bits per heavy atom. The van der Waals surface area contributed by atoms with Gasteiger partial charge in [0.15, 0.2) is 0 Å². The molecule has 0 aliphatic heterocycles. The zero-order chi connectivity index (χ0) is 17.6. The van der Waals surface area contributed by atoms with E-state index in [-0.39, 0.29) is 6.73 Å². The van der Waals surface area contributed by atoms with Crippen LogP contribution >= 0.6 is 11.8 Å². The minimum Gasteiger partial charge on any atom is -0.356 e. The highest BCUT2D eigenvalue weighted by Crippen LogP contribution is 2.26. The van der Waals surface area contributed by atoms with Gasteiger partial charge in [-0.15, -0.1) is 0 Å². The van der Waals surface area contributed by atoms with Crippen LogP contribution in [0.3, 0.4) is 0 Å². The summed E-state index contributed by atoms with van der Waals surface area (Å²) in [6.07, 6.45) is 1.67. The van der Waals surface area contributed by atoms with Crippen molar-refractivity contribution in [2.45, 2.75) is 30.3 Å². The first-order valence-corrected chi connectivity index (χ1v) is 8.51. The molecule has 7 heteroatoms. The topological polar surface area (TPSA) is 77.0 Å². The van der Waals surface area contributed by atoms with E-state index in [0.29, 0.717) is 22.2 Å². The standard InChI is InChI=1S/C18H17N3O3S/c1-13-16(22)20-18(23)21(12-24-11-14-7-3-2-4-8-14)17(13)25-15-9-5-6-10-19-15/h2-10H,11-12H2,1H3,(H,20,22,23). The van der Waals surface area contributed by atoms with Crippen LogP contribution < -0.4 is 11.2 Å². The number of aromatic amines is 1. The zero-order valence-electron chi connectivity index (χ0n) is 13.6. The van der Waals surface area contributed by atoms with Crippen molar-refractivity contribution in [3.8, 4) is 0 Å². The normalized spacial score (nSPS) is 10.8. The van der Waals surface area contributed by atoms with Crippen molar-refractivity contribution in [2.75, 3.05) is 0 Å². The van der Waals surface area contributed by atoms with Crippen molar-refractivity contribution in [1.29, 1.82) is 0 Å². The first-order valence-electron chi connectivity index (χ1n) is 7.69. The number of nitrogens with zero attached hydrogens (tertiary/aromatic N) is 2. The lowest BCUT2D eigenvalue weighted by atomic mass is 10.2. The number of pyridine rings is 1. The van der Waals surface area contributed by atoms with E-state index in [4.69, 9.17) is 4.74 Å². The molecule has 0 radical (unpaired) electrons. The molecule has 3 rings (SSSR count). The molecule has 0 fully saturated rings. The first kappa shape index (κ1) is 17.2. The molecule has 6 nitrogen and oxygen atoms in total. The van der Waals surface area contributed by atoms with Crippen LogP contribution in [-0.4, -0.2) is 14.5 Å². The van der Waals surface area contributed by atoms with Crippen molar-refractivity contribution in [3.05, 3.63) is 86.7 Å². The summed E-state index contributed by atoms with van der Waals surface area (Å²) in [5, 5.41) is 1.23. The highest BCUT2D eigenvalue weighted by Gasteiger charge is 2.13. The van der Waals surface area contributed by atoms with Gasteiger partial charge in [0, 0.05) is 11.8 Å². The minimum atomic E-state index is -0.498. The third-order valence-corrected chi connectivity index (χ3v) is 4.71. The zero-order valence-corrected chi connectivity index (χ0v) is 14.5. The molecule has 0 amide bonds. The highest BCUT2D eigenvalue weighted by atomic mass is 32.2. The van der Waals surface area contributed by atoms with Crippen LogP contribution in [0, 0.1) is 6.92 Å². The SMILES string of the molecule is Cc1c(Sc2ccccn2)n(COCc2ccccc2)c(=O)[nH]c1=O. The summed E-state index contributed by atoms with van der Waals surface area (Å²) in [7, 11) is 0. The predicted molar refractivity (Wildman–Crippen MR) is 95.7 cm³/mol. The first-order chi connectivity index (χ1) is 12.1. The molecule has 0 saturated carbocycles. The molecule has 1 N–H and O–H groups in total. The van der Waals surface area contributed by atoms with Crippen LogP contribution in [0.2, 0.25) is 0 Å². The second kappa shape index (κ2) is 7.96. The molecule has 0 atom stereocenters. The molecule has 2 aromatic heterocycles. The van der Waals surface area contributed by atoms with E-state index in [1.165, 1.54) is 16.3 Å². The summed E-state index contributed by atoms with van der Waals surface area (Å²) in [6.45, 7) is 2.09. The second-order valence-electron chi connectivity index (χ2n) is 5.35. The van der Waals surface area contributed by atoms with Gasteiger partial charge in [0.25, 0.3) is 5.56 Å². The van der Waals surface area contributed by atoms with Gasteiger partial charge in [0.1, 0.15) is 11.8 Å². The lowest BCUT2D eigenvalue weighted by Gasteiger charge is -2.14. The van der Waals surface area contributed by atoms with Gasteiger partial charge in [-0.25, -0.2) is 9.78 Å². The molecule has 0 spiro atoms. The number of ether oxygens (including phenoxy) is 1. The summed E-state index contributed by atoms with van der Waals surface area (Å²) >= 11 is 1.27. The van der Waals surface area contributed by atoms with E-state index in [0.717, 1.165) is 5.56 Å². The summed E-state index contributed by atoms with van der Waals surface area (Å²) < 4.78 is 7.08. The monoisotopic (exact) mass is 355 g/mol. The van der Waals surface area contributed by atoms with Gasteiger partial charge >= 0.3 is 5.69 Å². The van der Waals surface area contributed by atoms with Gasteiger partial charge in [-0.2, -0.15) is 0 Å². The fourth-order valence-corrected chi connectivity index (χ4v) is 3.18. The van der Waals surface area contributed by atoms with Crippen molar-refractivity contribution in [1.82, 2.24) is 14.5 Å². The number of nitrogens with one attached hydrogen (secondary N) is 1. The molecular weight excluding hydrogens is 338 g/mol. The molecule has 0 aliphatic carbocycles. The van der Waals surface area contributed by atoms with Gasteiger partial charge in [-0.1, -0.05) is 48.2 Å². The third-order valence-electron chi connectivity index (χ3n) is 3.54. The maximum atomic E-state index is 12.2. The van der Waals surface area contributed by atoms with E-state index in [9.17, 15) is 9.59 Å². The Morgan fingerprint density at radius 1 is 1.12 bits per heavy atom. The molecule has 25 heavy (non-hydrogen) atoms. The Bertz CT molecular complexity index is 953. The Balaban J connectivity index is 1.85. The van der Waals surface area contributed by atoms with Gasteiger partial charge in [-0.3, -0.25) is 14.3 Å². The molecule has 0 bridgehead atoms. The number of H-pyrrole nitrogens is 1. The maximum Gasteiger partial charge on any atom is 0.331 e. The summed E-state index contributed by atoms with van der Waals surface area (Å²) in [6, 6.07) is 15.2. The van der Waals surface area contributed by atoms with E-state index in [1.54, 1.807) is 13.1 Å². The molecular formula is C18H17N3O3S. The van der Waals surface area contributed by atoms with Gasteiger partial charge < -0.3 is 4.74 Å². The minimum absolute atomic E-state index is 0.0422. The largest absolute Gasteiger partial charge is 0.356 e. The number of hydrogen-bond donors (Lipinski definition) is 1. The molecule has 2 heterocycles. The van der Waals surface area contributed by atoms with Gasteiger partial charge in [-0.05, 0) is 24.6 Å². The number of aromatic nitrogens is 3. The fraction of sp³-hybridized carbons (Fsp3) is 0.167. The quantitative estimate of drug-likeness (QED) is 0.688. The summed E-state index contributed by atoms with van der Waals surface area (Å²) in [4.78, 5) is 30.8. The Hall–Kier alpha value is -2.64. The van der Waals surface area contributed by atoms with E-state index >= 15 is 0 Å². The fourth-order valence-electron chi connectivity index (χ4n) is 2.23. The number of rotatable bonds is 6. The maximum absolute atomic E-state index is 12.2. The molecule has 128 valence electrons. The summed E-state index contributed by atoms with van der Waals surface area (Å²) in [5.41, 5.74) is 0.569. The molecule has 0 saturated heterocycles. The highest BCUT2D eigenvalue weighted by molar-refractivity contribution is 7.99. The van der Waals surface area contributed by atoms with Crippen molar-refractivity contribution in [2.24, 2.45) is 0 Å². The molecule has 0 unspecified atom stereocenters. The van der Waals surface area contributed by atoms with Crippen LogP contribution in [-0.2, 0) is 18.1 Å². The van der Waals surface area contributed by atoms with Crippen LogP contribution in [0.15, 0.2) is 74.4 Å². The number of hydrogen-bond acceptors (Lipinski definition) is 5. The van der Waals surface area contributed by atoms with E-state index in [2.05, 4.69) is 9.97 Å². The van der Waals surface area contributed by atoms with Crippen LogP contribution in [0.5, 0.6) is 0 Å². The van der Waals surface area contributed by atoms with E-state index in [1.807, 2.05) is 48.5 Å². The van der Waals surface area contributed by atoms with Crippen molar-refractivity contribution < 1.29 is 4.74 Å². The Kier molecular flexibility index (Phi) is 5.47. The molecule has 1 aromatic carbocycles. The average Bonchev–Trinajstić information content (AvgIpc) is 2.63. The van der Waals surface area contributed by atoms with Crippen molar-refractivity contribution >= 4 is 11.8 Å². The molecule has 3 aromatic rings. The van der Waals surface area contributed by atoms with Crippen LogP contribution in [0.1, 0.15) is 11.1 Å². The number of benzene rings is 1. The Morgan fingerprint density at radius 2 is 1.88 bits per heavy atom. The van der Waals surface area contributed by atoms with E-state index < -0.39 is 11.2 Å². The lowest BCUT2D eigenvalue weighted by Crippen LogP contribution is -2.33. The predicted octanol–water partition coefficient (Wildman–Crippen LogP) is 2.57. The lowest BCUT2D eigenvalue weighted by molar-refractivity contribution is 0.0551. The average molecular weight is 355 g/mol. The van der Waals surface area contributed by atoms with Gasteiger partial charge in [0.05, 0.1) is 11.6 Å². The van der Waals surface area contributed by atoms with Crippen LogP contribution in [0.4, 0.5) is 0 Å². The summed E-state index contributed by atoms with van der Waals surface area (Å²) in [5.74, 6) is 0. The third kappa shape index (κ3) is 4.26. The molecule has 0 aliphatic rings. The van der Waals surface area contributed by atoms with Crippen molar-refractivity contribution in [3.63, 3.8) is 0 Å². The smallest absolute Gasteiger partial charge is 0.331 e.